The minimum Gasteiger partial charge on any atom is -0.372 e. The Hall–Kier alpha value is 0.150. The van der Waals surface area contributed by atoms with Crippen LogP contribution in [-0.4, -0.2) is 28.6 Å². The third kappa shape index (κ3) is 7.54. The van der Waals surface area contributed by atoms with E-state index in [0.717, 1.165) is 0 Å². The SMILES string of the molecule is CC(C)(I)C(=O)CCOCC(F)(F)F. The van der Waals surface area contributed by atoms with E-state index in [0.29, 0.717) is 0 Å². The molecule has 0 aliphatic carbocycles. The van der Waals surface area contributed by atoms with Crippen LogP contribution in [0.3, 0.4) is 0 Å². The molecule has 6 heteroatoms. The molecule has 0 aromatic heterocycles. The molecular formula is C8H12F3IO2. The van der Waals surface area contributed by atoms with E-state index in [2.05, 4.69) is 4.74 Å². The fourth-order valence-electron chi connectivity index (χ4n) is 0.650. The Bertz CT molecular complexity index is 196. The molecule has 0 aromatic rings. The van der Waals surface area contributed by atoms with Gasteiger partial charge in [0, 0.05) is 6.42 Å². The molecule has 0 saturated carbocycles. The molecule has 0 atom stereocenters. The van der Waals surface area contributed by atoms with E-state index in [-0.39, 0.29) is 18.8 Å². The van der Waals surface area contributed by atoms with Gasteiger partial charge in [0.2, 0.25) is 0 Å². The molecule has 0 N–H and O–H groups in total. The number of hydrogen-bond donors (Lipinski definition) is 0. The van der Waals surface area contributed by atoms with Crippen molar-refractivity contribution in [2.45, 2.75) is 29.9 Å². The van der Waals surface area contributed by atoms with Gasteiger partial charge in [-0.1, -0.05) is 22.6 Å². The van der Waals surface area contributed by atoms with Crippen molar-refractivity contribution in [2.75, 3.05) is 13.2 Å². The number of ketones is 1. The summed E-state index contributed by atoms with van der Waals surface area (Å²) in [6, 6.07) is 0. The summed E-state index contributed by atoms with van der Waals surface area (Å²) >= 11 is 1.94. The van der Waals surface area contributed by atoms with Crippen LogP contribution in [0.5, 0.6) is 0 Å². The second kappa shape index (κ2) is 5.29. The monoisotopic (exact) mass is 324 g/mol. The van der Waals surface area contributed by atoms with Gasteiger partial charge in [-0.3, -0.25) is 4.79 Å². The van der Waals surface area contributed by atoms with Gasteiger partial charge >= 0.3 is 6.18 Å². The van der Waals surface area contributed by atoms with Gasteiger partial charge in [0.15, 0.2) is 0 Å². The maximum atomic E-state index is 11.6. The Morgan fingerprint density at radius 3 is 2.21 bits per heavy atom. The number of halogens is 4. The summed E-state index contributed by atoms with van der Waals surface area (Å²) < 4.78 is 38.6. The van der Waals surface area contributed by atoms with Crippen molar-refractivity contribution in [3.63, 3.8) is 0 Å². The van der Waals surface area contributed by atoms with E-state index in [9.17, 15) is 18.0 Å². The molecule has 0 radical (unpaired) electrons. The van der Waals surface area contributed by atoms with Crippen molar-refractivity contribution in [3.8, 4) is 0 Å². The average Bonchev–Trinajstić information content (AvgIpc) is 1.93. The Kier molecular flexibility index (Phi) is 5.35. The van der Waals surface area contributed by atoms with Crippen molar-refractivity contribution in [2.24, 2.45) is 0 Å². The van der Waals surface area contributed by atoms with Gasteiger partial charge in [0.1, 0.15) is 12.4 Å². The van der Waals surface area contributed by atoms with Crippen LogP contribution in [0.25, 0.3) is 0 Å². The fraction of sp³-hybridized carbons (Fsp3) is 0.875. The van der Waals surface area contributed by atoms with Crippen LogP contribution in [0.2, 0.25) is 0 Å². The van der Waals surface area contributed by atoms with Crippen LogP contribution >= 0.6 is 22.6 Å². The third-order valence-electron chi connectivity index (χ3n) is 1.40. The maximum Gasteiger partial charge on any atom is 0.411 e. The highest BCUT2D eigenvalue weighted by atomic mass is 127. The van der Waals surface area contributed by atoms with Crippen LogP contribution in [0.4, 0.5) is 13.2 Å². The average molecular weight is 324 g/mol. The Balaban J connectivity index is 3.62. The first-order valence-corrected chi connectivity index (χ1v) is 5.07. The zero-order valence-electron chi connectivity index (χ0n) is 7.95. The zero-order valence-corrected chi connectivity index (χ0v) is 10.1. The van der Waals surface area contributed by atoms with Gasteiger partial charge in [0.05, 0.1) is 10.0 Å². The van der Waals surface area contributed by atoms with Crippen molar-refractivity contribution < 1.29 is 22.7 Å². The minimum atomic E-state index is -4.32. The molecule has 0 spiro atoms. The predicted molar refractivity (Wildman–Crippen MR) is 54.6 cm³/mol. The molecule has 0 unspecified atom stereocenters. The smallest absolute Gasteiger partial charge is 0.372 e. The van der Waals surface area contributed by atoms with Crippen molar-refractivity contribution in [1.29, 1.82) is 0 Å². The topological polar surface area (TPSA) is 26.3 Å². The standard InChI is InChI=1S/C8H12F3IO2/c1-7(2,12)6(13)3-4-14-5-8(9,10)11/h3-5H2,1-2H3. The van der Waals surface area contributed by atoms with E-state index in [4.69, 9.17) is 0 Å². The van der Waals surface area contributed by atoms with Gasteiger partial charge < -0.3 is 4.74 Å². The summed E-state index contributed by atoms with van der Waals surface area (Å²) in [6.45, 7) is 1.95. The van der Waals surface area contributed by atoms with Gasteiger partial charge in [-0.05, 0) is 13.8 Å². The summed E-state index contributed by atoms with van der Waals surface area (Å²) in [7, 11) is 0. The second-order valence-electron chi connectivity index (χ2n) is 3.31. The first-order chi connectivity index (χ1) is 6.13. The number of rotatable bonds is 5. The molecule has 0 fully saturated rings. The van der Waals surface area contributed by atoms with Crippen LogP contribution in [0, 0.1) is 0 Å². The fourth-order valence-corrected chi connectivity index (χ4v) is 0.920. The summed E-state index contributed by atoms with van der Waals surface area (Å²) in [5, 5.41) is 0. The number of hydrogen-bond acceptors (Lipinski definition) is 2. The molecule has 0 aliphatic rings. The molecule has 0 aromatic carbocycles. The third-order valence-corrected chi connectivity index (χ3v) is 2.00. The molecule has 0 saturated heterocycles. The van der Waals surface area contributed by atoms with E-state index in [1.165, 1.54) is 0 Å². The van der Waals surface area contributed by atoms with E-state index in [1.807, 2.05) is 22.6 Å². The van der Waals surface area contributed by atoms with E-state index in [1.54, 1.807) is 13.8 Å². The molecule has 84 valence electrons. The lowest BCUT2D eigenvalue weighted by Gasteiger charge is -2.14. The number of Topliss-reactive ketones (excluding diaryl/α,β-unsaturated/α-hetero) is 1. The lowest BCUT2D eigenvalue weighted by Crippen LogP contribution is -2.26. The number of carbonyl (C=O) groups excluding carboxylic acids is 1. The lowest BCUT2D eigenvalue weighted by molar-refractivity contribution is -0.174. The Morgan fingerprint density at radius 1 is 1.36 bits per heavy atom. The van der Waals surface area contributed by atoms with Gasteiger partial charge in [-0.25, -0.2) is 0 Å². The van der Waals surface area contributed by atoms with Crippen LogP contribution < -0.4 is 0 Å². The highest BCUT2D eigenvalue weighted by molar-refractivity contribution is 14.1. The summed E-state index contributed by atoms with van der Waals surface area (Å²) in [4.78, 5) is 11.2. The number of alkyl halides is 4. The number of ether oxygens (including phenoxy) is 1. The second-order valence-corrected chi connectivity index (χ2v) is 6.01. The van der Waals surface area contributed by atoms with Crippen LogP contribution in [0.15, 0.2) is 0 Å². The minimum absolute atomic E-state index is 0.0199. The molecule has 14 heavy (non-hydrogen) atoms. The molecule has 0 heterocycles. The molecule has 0 rings (SSSR count). The predicted octanol–water partition coefficient (Wildman–Crippen LogP) is 2.74. The van der Waals surface area contributed by atoms with E-state index >= 15 is 0 Å². The van der Waals surface area contributed by atoms with Crippen molar-refractivity contribution in [1.82, 2.24) is 0 Å². The lowest BCUT2D eigenvalue weighted by atomic mass is 10.1. The Labute approximate surface area is 94.3 Å². The van der Waals surface area contributed by atoms with Gasteiger partial charge in [0.25, 0.3) is 0 Å². The van der Waals surface area contributed by atoms with Gasteiger partial charge in [-0.2, -0.15) is 13.2 Å². The number of carbonyl (C=O) groups is 1. The maximum absolute atomic E-state index is 11.6. The molecule has 0 aliphatic heterocycles. The van der Waals surface area contributed by atoms with Gasteiger partial charge in [-0.15, -0.1) is 0 Å². The van der Waals surface area contributed by atoms with Crippen LogP contribution in [0.1, 0.15) is 20.3 Å². The quantitative estimate of drug-likeness (QED) is 0.442. The Morgan fingerprint density at radius 2 is 1.86 bits per heavy atom. The van der Waals surface area contributed by atoms with Crippen molar-refractivity contribution in [3.05, 3.63) is 0 Å². The largest absolute Gasteiger partial charge is 0.411 e. The highest BCUT2D eigenvalue weighted by Gasteiger charge is 2.28. The van der Waals surface area contributed by atoms with Crippen molar-refractivity contribution >= 4 is 28.4 Å². The normalized spacial score (nSPS) is 13.0. The molecule has 2 nitrogen and oxygen atoms in total. The first-order valence-electron chi connectivity index (χ1n) is 3.99. The van der Waals surface area contributed by atoms with E-state index < -0.39 is 16.2 Å². The molecular weight excluding hydrogens is 312 g/mol. The zero-order chi connectivity index (χ0) is 11.4. The molecule has 0 bridgehead atoms. The summed E-state index contributed by atoms with van der Waals surface area (Å²) in [6.07, 6.45) is -4.30. The molecule has 0 amide bonds. The summed E-state index contributed by atoms with van der Waals surface area (Å²) in [5.41, 5.74) is 0. The van der Waals surface area contributed by atoms with Crippen LogP contribution in [-0.2, 0) is 9.53 Å². The highest BCUT2D eigenvalue weighted by Crippen LogP contribution is 2.20. The summed E-state index contributed by atoms with van der Waals surface area (Å²) in [5.74, 6) is -0.111. The first kappa shape index (κ1) is 14.2.